The van der Waals surface area contributed by atoms with Crippen molar-refractivity contribution in [3.63, 3.8) is 0 Å². The smallest absolute Gasteiger partial charge is 0.133 e. The summed E-state index contributed by atoms with van der Waals surface area (Å²) in [5, 5.41) is 3.52. The van der Waals surface area contributed by atoms with Crippen molar-refractivity contribution >= 4 is 15.9 Å². The molecule has 4 heteroatoms. The maximum Gasteiger partial charge on any atom is 0.133 e. The highest BCUT2D eigenvalue weighted by Crippen LogP contribution is 2.28. The largest absolute Gasteiger partial charge is 0.496 e. The summed E-state index contributed by atoms with van der Waals surface area (Å²) in [5.41, 5.74) is 2.52. The molecule has 0 saturated heterocycles. The molecule has 1 aromatic carbocycles. The first-order valence-electron chi connectivity index (χ1n) is 6.29. The molecule has 0 aliphatic carbocycles. The summed E-state index contributed by atoms with van der Waals surface area (Å²) in [6.07, 6.45) is 2.06. The molecule has 0 fully saturated rings. The van der Waals surface area contributed by atoms with Crippen LogP contribution in [0.4, 0.5) is 0 Å². The van der Waals surface area contributed by atoms with Gasteiger partial charge in [0.05, 0.1) is 11.6 Å². The number of nitrogens with one attached hydrogen (secondary N) is 1. The number of methoxy groups -OCH3 is 1. The van der Waals surface area contributed by atoms with Crippen molar-refractivity contribution in [2.75, 3.05) is 7.11 Å². The topological polar surface area (TPSA) is 26.2 Å². The summed E-state index contributed by atoms with van der Waals surface area (Å²) in [7, 11) is 3.74. The molecule has 19 heavy (non-hydrogen) atoms. The molecule has 0 spiro atoms. The molecular formula is C15H19BrN2O. The van der Waals surface area contributed by atoms with E-state index in [4.69, 9.17) is 4.74 Å². The zero-order valence-corrected chi connectivity index (χ0v) is 13.1. The zero-order chi connectivity index (χ0) is 13.8. The van der Waals surface area contributed by atoms with Gasteiger partial charge in [0.1, 0.15) is 5.75 Å². The Hall–Kier alpha value is -1.26. The fraction of sp³-hybridized carbons (Fsp3) is 0.333. The van der Waals surface area contributed by atoms with E-state index >= 15 is 0 Å². The third kappa shape index (κ3) is 3.39. The normalized spacial score (nSPS) is 12.4. The SMILES string of the molecule is COc1ccc(C(C)NCc2cccn2C)cc1Br. The van der Waals surface area contributed by atoms with E-state index in [-0.39, 0.29) is 6.04 Å². The first-order valence-corrected chi connectivity index (χ1v) is 7.08. The minimum absolute atomic E-state index is 0.289. The Morgan fingerprint density at radius 2 is 2.16 bits per heavy atom. The molecule has 102 valence electrons. The van der Waals surface area contributed by atoms with Crippen LogP contribution in [0.5, 0.6) is 5.75 Å². The molecule has 1 heterocycles. The van der Waals surface area contributed by atoms with Crippen LogP contribution < -0.4 is 10.1 Å². The third-order valence-electron chi connectivity index (χ3n) is 3.32. The molecule has 0 aliphatic heterocycles. The third-order valence-corrected chi connectivity index (χ3v) is 3.94. The number of rotatable bonds is 5. The Morgan fingerprint density at radius 3 is 2.74 bits per heavy atom. The van der Waals surface area contributed by atoms with E-state index in [9.17, 15) is 0 Å². The molecule has 1 unspecified atom stereocenters. The Morgan fingerprint density at radius 1 is 1.37 bits per heavy atom. The number of hydrogen-bond donors (Lipinski definition) is 1. The van der Waals surface area contributed by atoms with Crippen molar-refractivity contribution in [3.8, 4) is 5.75 Å². The highest BCUT2D eigenvalue weighted by molar-refractivity contribution is 9.10. The van der Waals surface area contributed by atoms with Crippen LogP contribution in [0, 0.1) is 0 Å². The molecule has 0 bridgehead atoms. The van der Waals surface area contributed by atoms with E-state index in [1.54, 1.807) is 7.11 Å². The molecule has 1 N–H and O–H groups in total. The Labute approximate surface area is 122 Å². The monoisotopic (exact) mass is 322 g/mol. The van der Waals surface area contributed by atoms with Crippen molar-refractivity contribution in [3.05, 3.63) is 52.3 Å². The quantitative estimate of drug-likeness (QED) is 0.909. The highest BCUT2D eigenvalue weighted by atomic mass is 79.9. The van der Waals surface area contributed by atoms with Gasteiger partial charge in [-0.15, -0.1) is 0 Å². The maximum absolute atomic E-state index is 5.24. The van der Waals surface area contributed by atoms with Gasteiger partial charge in [-0.2, -0.15) is 0 Å². The van der Waals surface area contributed by atoms with Crippen LogP contribution >= 0.6 is 15.9 Å². The minimum atomic E-state index is 0.289. The summed E-state index contributed by atoms with van der Waals surface area (Å²) >= 11 is 3.52. The number of aryl methyl sites for hydroxylation is 1. The molecular weight excluding hydrogens is 304 g/mol. The lowest BCUT2D eigenvalue weighted by atomic mass is 10.1. The molecule has 0 saturated carbocycles. The van der Waals surface area contributed by atoms with Gasteiger partial charge in [-0.1, -0.05) is 6.07 Å². The number of aromatic nitrogens is 1. The Bertz CT molecular complexity index is 551. The minimum Gasteiger partial charge on any atom is -0.496 e. The summed E-state index contributed by atoms with van der Waals surface area (Å²) in [5.74, 6) is 0.860. The number of halogens is 1. The van der Waals surface area contributed by atoms with Crippen LogP contribution in [0.25, 0.3) is 0 Å². The van der Waals surface area contributed by atoms with Gasteiger partial charge in [0.15, 0.2) is 0 Å². The zero-order valence-electron chi connectivity index (χ0n) is 11.5. The predicted octanol–water partition coefficient (Wildman–Crippen LogP) is 3.65. The molecule has 1 aromatic heterocycles. The van der Waals surface area contributed by atoms with Crippen LogP contribution in [-0.2, 0) is 13.6 Å². The summed E-state index contributed by atoms with van der Waals surface area (Å²) in [4.78, 5) is 0. The van der Waals surface area contributed by atoms with E-state index in [0.29, 0.717) is 0 Å². The second-order valence-electron chi connectivity index (χ2n) is 4.61. The Kier molecular flexibility index (Phi) is 4.66. The van der Waals surface area contributed by atoms with Gasteiger partial charge in [-0.05, 0) is 52.7 Å². The van der Waals surface area contributed by atoms with Crippen LogP contribution in [0.1, 0.15) is 24.2 Å². The van der Waals surface area contributed by atoms with Crippen molar-refractivity contribution in [1.29, 1.82) is 0 Å². The van der Waals surface area contributed by atoms with Crippen LogP contribution in [0.3, 0.4) is 0 Å². The average Bonchev–Trinajstić information content (AvgIpc) is 2.81. The maximum atomic E-state index is 5.24. The van der Waals surface area contributed by atoms with Gasteiger partial charge >= 0.3 is 0 Å². The molecule has 0 radical (unpaired) electrons. The van der Waals surface area contributed by atoms with E-state index < -0.39 is 0 Å². The van der Waals surface area contributed by atoms with Crippen LogP contribution in [0.15, 0.2) is 41.0 Å². The van der Waals surface area contributed by atoms with Gasteiger partial charge < -0.3 is 14.6 Å². The predicted molar refractivity (Wildman–Crippen MR) is 81.4 cm³/mol. The van der Waals surface area contributed by atoms with Gasteiger partial charge in [0.2, 0.25) is 0 Å². The summed E-state index contributed by atoms with van der Waals surface area (Å²) in [6, 6.07) is 10.7. The second-order valence-corrected chi connectivity index (χ2v) is 5.46. The van der Waals surface area contributed by atoms with Crippen LogP contribution in [-0.4, -0.2) is 11.7 Å². The van der Waals surface area contributed by atoms with Crippen molar-refractivity contribution < 1.29 is 4.74 Å². The highest BCUT2D eigenvalue weighted by Gasteiger charge is 2.08. The van der Waals surface area contributed by atoms with Gasteiger partial charge in [-0.25, -0.2) is 0 Å². The van der Waals surface area contributed by atoms with Crippen molar-refractivity contribution in [2.24, 2.45) is 7.05 Å². The van der Waals surface area contributed by atoms with Gasteiger partial charge in [-0.3, -0.25) is 0 Å². The second kappa shape index (κ2) is 6.26. The van der Waals surface area contributed by atoms with Crippen molar-refractivity contribution in [1.82, 2.24) is 9.88 Å². The summed E-state index contributed by atoms with van der Waals surface area (Å²) in [6.45, 7) is 3.02. The molecule has 2 aromatic rings. The lowest BCUT2D eigenvalue weighted by Crippen LogP contribution is -2.19. The number of ether oxygens (including phenoxy) is 1. The van der Waals surface area contributed by atoms with Crippen molar-refractivity contribution in [2.45, 2.75) is 19.5 Å². The Balaban J connectivity index is 2.02. The van der Waals surface area contributed by atoms with Crippen LogP contribution in [0.2, 0.25) is 0 Å². The summed E-state index contributed by atoms with van der Waals surface area (Å²) < 4.78 is 8.36. The number of hydrogen-bond acceptors (Lipinski definition) is 2. The molecule has 2 rings (SSSR count). The lowest BCUT2D eigenvalue weighted by Gasteiger charge is -2.16. The van der Waals surface area contributed by atoms with E-state index in [0.717, 1.165) is 16.8 Å². The molecule has 1 atom stereocenters. The van der Waals surface area contributed by atoms with E-state index in [1.165, 1.54) is 11.3 Å². The number of benzene rings is 1. The molecule has 3 nitrogen and oxygen atoms in total. The number of nitrogens with zero attached hydrogens (tertiary/aromatic N) is 1. The molecule has 0 aliphatic rings. The fourth-order valence-corrected chi connectivity index (χ4v) is 2.57. The standard InChI is InChI=1S/C15H19BrN2O/c1-11(17-10-13-5-4-8-18(13)2)12-6-7-15(19-3)14(16)9-12/h4-9,11,17H,10H2,1-3H3. The van der Waals surface area contributed by atoms with Gasteiger partial charge in [0.25, 0.3) is 0 Å². The lowest BCUT2D eigenvalue weighted by molar-refractivity contribution is 0.411. The fourth-order valence-electron chi connectivity index (χ4n) is 2.01. The molecule has 0 amide bonds. The average molecular weight is 323 g/mol. The van der Waals surface area contributed by atoms with E-state index in [1.807, 2.05) is 6.07 Å². The van der Waals surface area contributed by atoms with E-state index in [2.05, 4.69) is 70.2 Å². The first-order chi connectivity index (χ1) is 9.11. The van der Waals surface area contributed by atoms with Gasteiger partial charge in [0, 0.05) is 31.5 Å². The first kappa shape index (κ1) is 14.2.